The number of nitrogens with zero attached hydrogens (tertiary/aromatic N) is 2. The molecule has 1 saturated heterocycles. The maximum Gasteiger partial charge on any atom is 0.163 e. The summed E-state index contributed by atoms with van der Waals surface area (Å²) in [6.45, 7) is 20.0. The minimum absolute atomic E-state index is 0.458. The first-order valence-corrected chi connectivity index (χ1v) is 10.5. The molecule has 3 heterocycles. The largest absolute Gasteiger partial charge is 0.465 e. The minimum atomic E-state index is -1.35. The zero-order valence-corrected chi connectivity index (χ0v) is 18.4. The van der Waals surface area contributed by atoms with Crippen LogP contribution < -0.4 is 0 Å². The Kier molecular flexibility index (Phi) is 7.36. The molecule has 2 aromatic heterocycles. The lowest BCUT2D eigenvalue weighted by Gasteiger charge is -2.29. The molecule has 0 atom stereocenters. The molecule has 164 valence electrons. The highest BCUT2D eigenvalue weighted by Crippen LogP contribution is 2.36. The van der Waals surface area contributed by atoms with Gasteiger partial charge in [0, 0.05) is 26.2 Å². The SMILES string of the molecule is C=C(C)C(O)(C(=C)C)c1ccc(CN(CCN2CCOCC2)Cc2ccc(C)o2)o1. The molecule has 0 aromatic carbocycles. The monoisotopic (exact) mass is 414 g/mol. The minimum Gasteiger partial charge on any atom is -0.465 e. The lowest BCUT2D eigenvalue weighted by molar-refractivity contribution is 0.0315. The van der Waals surface area contributed by atoms with E-state index in [0.717, 1.165) is 56.7 Å². The van der Waals surface area contributed by atoms with E-state index >= 15 is 0 Å². The van der Waals surface area contributed by atoms with E-state index < -0.39 is 5.60 Å². The predicted molar refractivity (Wildman–Crippen MR) is 117 cm³/mol. The Bertz CT molecular complexity index is 846. The molecule has 0 aliphatic carbocycles. The topological polar surface area (TPSA) is 62.2 Å². The average Bonchev–Trinajstić information content (AvgIpc) is 3.35. The normalized spacial score (nSPS) is 15.6. The molecule has 1 aliphatic rings. The number of aryl methyl sites for hydroxylation is 1. The fourth-order valence-electron chi connectivity index (χ4n) is 3.77. The third-order valence-electron chi connectivity index (χ3n) is 5.64. The molecule has 1 fully saturated rings. The predicted octanol–water partition coefficient (Wildman–Crippen LogP) is 3.86. The zero-order chi connectivity index (χ0) is 21.7. The first kappa shape index (κ1) is 22.6. The number of furan rings is 2. The summed E-state index contributed by atoms with van der Waals surface area (Å²) in [5.74, 6) is 3.09. The van der Waals surface area contributed by atoms with Crippen LogP contribution in [0.3, 0.4) is 0 Å². The Morgan fingerprint density at radius 2 is 1.63 bits per heavy atom. The van der Waals surface area contributed by atoms with E-state index in [1.54, 1.807) is 13.8 Å². The van der Waals surface area contributed by atoms with E-state index in [1.165, 1.54) is 0 Å². The highest BCUT2D eigenvalue weighted by atomic mass is 16.5. The molecule has 0 saturated carbocycles. The number of hydrogen-bond acceptors (Lipinski definition) is 6. The van der Waals surface area contributed by atoms with Crippen LogP contribution in [0.25, 0.3) is 0 Å². The average molecular weight is 415 g/mol. The first-order chi connectivity index (χ1) is 14.3. The summed E-state index contributed by atoms with van der Waals surface area (Å²) in [5.41, 5.74) is -0.174. The molecule has 0 spiro atoms. The Morgan fingerprint density at radius 1 is 1.03 bits per heavy atom. The van der Waals surface area contributed by atoms with Crippen LogP contribution in [0.15, 0.2) is 57.4 Å². The van der Waals surface area contributed by atoms with Crippen molar-refractivity contribution in [3.05, 3.63) is 71.6 Å². The van der Waals surface area contributed by atoms with Gasteiger partial charge in [0.25, 0.3) is 0 Å². The molecule has 0 unspecified atom stereocenters. The van der Waals surface area contributed by atoms with Gasteiger partial charge < -0.3 is 18.7 Å². The van der Waals surface area contributed by atoms with Gasteiger partial charge in [-0.15, -0.1) is 0 Å². The second-order valence-corrected chi connectivity index (χ2v) is 8.21. The fourth-order valence-corrected chi connectivity index (χ4v) is 3.77. The van der Waals surface area contributed by atoms with Crippen LogP contribution in [-0.4, -0.2) is 54.3 Å². The van der Waals surface area contributed by atoms with Crippen molar-refractivity contribution in [1.29, 1.82) is 0 Å². The van der Waals surface area contributed by atoms with Crippen LogP contribution in [0.4, 0.5) is 0 Å². The molecule has 2 aromatic rings. The third kappa shape index (κ3) is 5.32. The second-order valence-electron chi connectivity index (χ2n) is 8.21. The second kappa shape index (κ2) is 9.79. The molecule has 0 amide bonds. The molecule has 1 N–H and O–H groups in total. The van der Waals surface area contributed by atoms with Gasteiger partial charge in [-0.3, -0.25) is 9.80 Å². The van der Waals surface area contributed by atoms with E-state index in [-0.39, 0.29) is 0 Å². The Hall–Kier alpha value is -2.12. The van der Waals surface area contributed by atoms with Crippen LogP contribution in [0.1, 0.15) is 36.9 Å². The van der Waals surface area contributed by atoms with Crippen molar-refractivity contribution in [3.63, 3.8) is 0 Å². The smallest absolute Gasteiger partial charge is 0.163 e. The molecule has 3 rings (SSSR count). The fraction of sp³-hybridized carbons (Fsp3) is 0.500. The van der Waals surface area contributed by atoms with E-state index in [0.29, 0.717) is 30.0 Å². The lowest BCUT2D eigenvalue weighted by atomic mass is 9.87. The van der Waals surface area contributed by atoms with Gasteiger partial charge in [0.2, 0.25) is 0 Å². The van der Waals surface area contributed by atoms with E-state index in [1.807, 2.05) is 31.2 Å². The summed E-state index contributed by atoms with van der Waals surface area (Å²) in [5, 5.41) is 11.1. The molecule has 6 nitrogen and oxygen atoms in total. The quantitative estimate of drug-likeness (QED) is 0.596. The zero-order valence-electron chi connectivity index (χ0n) is 18.4. The molecular weight excluding hydrogens is 380 g/mol. The molecule has 6 heteroatoms. The van der Waals surface area contributed by atoms with Crippen molar-refractivity contribution in [2.24, 2.45) is 0 Å². The molecule has 0 bridgehead atoms. The van der Waals surface area contributed by atoms with Crippen LogP contribution in [0.5, 0.6) is 0 Å². The van der Waals surface area contributed by atoms with Crippen molar-refractivity contribution in [3.8, 4) is 0 Å². The van der Waals surface area contributed by atoms with Gasteiger partial charge in [0.05, 0.1) is 26.3 Å². The van der Waals surface area contributed by atoms with Gasteiger partial charge in [0.1, 0.15) is 23.0 Å². The van der Waals surface area contributed by atoms with Gasteiger partial charge in [-0.05, 0) is 56.2 Å². The summed E-state index contributed by atoms with van der Waals surface area (Å²) in [7, 11) is 0. The highest BCUT2D eigenvalue weighted by molar-refractivity contribution is 5.35. The molecule has 30 heavy (non-hydrogen) atoms. The van der Waals surface area contributed by atoms with Crippen LogP contribution in [-0.2, 0) is 23.4 Å². The number of morpholine rings is 1. The van der Waals surface area contributed by atoms with Crippen LogP contribution in [0, 0.1) is 6.92 Å². The van der Waals surface area contributed by atoms with Gasteiger partial charge >= 0.3 is 0 Å². The maximum absolute atomic E-state index is 11.1. The highest BCUT2D eigenvalue weighted by Gasteiger charge is 2.35. The molecule has 1 aliphatic heterocycles. The third-order valence-corrected chi connectivity index (χ3v) is 5.64. The van der Waals surface area contributed by atoms with Crippen molar-refractivity contribution in [2.75, 3.05) is 39.4 Å². The van der Waals surface area contributed by atoms with E-state index in [2.05, 4.69) is 23.0 Å². The number of aliphatic hydroxyl groups is 1. The van der Waals surface area contributed by atoms with Crippen molar-refractivity contribution in [1.82, 2.24) is 9.80 Å². The Labute approximate surface area is 179 Å². The van der Waals surface area contributed by atoms with E-state index in [4.69, 9.17) is 13.6 Å². The summed E-state index contributed by atoms with van der Waals surface area (Å²) in [4.78, 5) is 4.72. The van der Waals surface area contributed by atoms with Gasteiger partial charge in [0.15, 0.2) is 5.60 Å². The van der Waals surface area contributed by atoms with Gasteiger partial charge in [-0.25, -0.2) is 0 Å². The maximum atomic E-state index is 11.1. The van der Waals surface area contributed by atoms with E-state index in [9.17, 15) is 5.11 Å². The lowest BCUT2D eigenvalue weighted by Crippen LogP contribution is -2.41. The van der Waals surface area contributed by atoms with Gasteiger partial charge in [-0.2, -0.15) is 0 Å². The number of hydrogen-bond donors (Lipinski definition) is 1. The van der Waals surface area contributed by atoms with Crippen molar-refractivity contribution in [2.45, 2.75) is 39.5 Å². The summed E-state index contributed by atoms with van der Waals surface area (Å²) in [6.07, 6.45) is 0. The molecular formula is C24H34N2O4. The van der Waals surface area contributed by atoms with Crippen LogP contribution >= 0.6 is 0 Å². The summed E-state index contributed by atoms with van der Waals surface area (Å²) >= 11 is 0. The van der Waals surface area contributed by atoms with Crippen LogP contribution in [0.2, 0.25) is 0 Å². The van der Waals surface area contributed by atoms with Crippen molar-refractivity contribution < 1.29 is 18.7 Å². The standard InChI is InChI=1S/C24H34N2O4/c1-18(2)24(27,19(3)4)23-9-8-22(30-23)17-26(16-21-7-6-20(5)29-21)11-10-25-12-14-28-15-13-25/h6-9,27H,1,3,10-17H2,2,4-5H3. The number of rotatable bonds is 10. The summed E-state index contributed by atoms with van der Waals surface area (Å²) in [6, 6.07) is 7.74. The Balaban J connectivity index is 1.72. The first-order valence-electron chi connectivity index (χ1n) is 10.5. The summed E-state index contributed by atoms with van der Waals surface area (Å²) < 4.78 is 17.3. The van der Waals surface area contributed by atoms with Gasteiger partial charge in [-0.1, -0.05) is 13.2 Å². The van der Waals surface area contributed by atoms with Crippen molar-refractivity contribution >= 4 is 0 Å². The Morgan fingerprint density at radius 3 is 2.20 bits per heavy atom. The molecule has 0 radical (unpaired) electrons. The number of ether oxygens (including phenoxy) is 1.